The van der Waals surface area contributed by atoms with Gasteiger partial charge in [-0.1, -0.05) is 6.08 Å². The molecular weight excluding hydrogens is 1310 g/mol. The zero-order valence-corrected chi connectivity index (χ0v) is 56.5. The van der Waals surface area contributed by atoms with E-state index in [1.807, 2.05) is 51.5 Å². The van der Waals surface area contributed by atoms with Crippen molar-refractivity contribution in [2.24, 2.45) is 0 Å². The molecule has 6 aromatic heterocycles. The number of likely N-dealkylation sites (N-methyl/N-ethyl adjacent to an activating group) is 3. The molecule has 27 nitrogen and oxygen atoms in total. The molecule has 30 heteroatoms. The van der Waals surface area contributed by atoms with Crippen LogP contribution < -0.4 is 39.5 Å². The van der Waals surface area contributed by atoms with Gasteiger partial charge in [-0.15, -0.1) is 0 Å². The number of benzene rings is 3. The molecule has 0 spiro atoms. The van der Waals surface area contributed by atoms with Gasteiger partial charge in [-0.25, -0.2) is 37.2 Å². The molecular formula is C67H78N12O15S3. The summed E-state index contributed by atoms with van der Waals surface area (Å²) >= 11 is 0. The van der Waals surface area contributed by atoms with E-state index >= 15 is 0 Å². The smallest absolute Gasteiger partial charge is 0.290 e. The first kappa shape index (κ1) is 70.2. The second-order valence-electron chi connectivity index (χ2n) is 23.5. The first-order chi connectivity index (χ1) is 46.8. The molecule has 0 aliphatic carbocycles. The standard InChI is InChI=1S/C22H26N4O3S.C21H24N4O3S.C21H22N4O3S.3CH2O2/c1-24-10-7-16(8-11-24)18-15-26(20-4-3-9-23-22(18)20)30(27,28)17-5-6-19-21(14-17)29-13-12-25(19)2;2*1-24-11-12-28-20-13-16(4-5-18(20)24)29(26,27)25-14-17(15-6-9-22-10-7-15)21-19(25)3-2-8-23-21;3*2-1-3/h3-6,9,14-16H,7-8,10-13H2,1-2H3;2-5,8,13-15,22H,6-7,9-12H2,1H3;2-6,8,13-14,22H,7,9-12H2,1H3;3*1H,(H,2,3). The molecule has 3 aromatic carbocycles. The van der Waals surface area contributed by atoms with Crippen molar-refractivity contribution in [2.75, 3.05) is 122 Å². The molecule has 2 saturated heterocycles. The quantitative estimate of drug-likeness (QED) is 0.0903. The number of piperidine rings is 2. The average Bonchev–Trinajstić information content (AvgIpc) is 1.69. The Labute approximate surface area is 562 Å². The summed E-state index contributed by atoms with van der Waals surface area (Å²) < 4.78 is 103. The van der Waals surface area contributed by atoms with Crippen LogP contribution in [0.3, 0.4) is 0 Å². The van der Waals surface area contributed by atoms with Crippen LogP contribution in [0.15, 0.2) is 149 Å². The molecule has 0 amide bonds. The highest BCUT2D eigenvalue weighted by Crippen LogP contribution is 2.41. The van der Waals surface area contributed by atoms with Gasteiger partial charge < -0.3 is 59.8 Å². The second-order valence-corrected chi connectivity index (χ2v) is 29.0. The lowest BCUT2D eigenvalue weighted by Crippen LogP contribution is -2.29. The van der Waals surface area contributed by atoms with Gasteiger partial charge in [-0.05, 0) is 162 Å². The van der Waals surface area contributed by atoms with Crippen molar-refractivity contribution >= 4 is 105 Å². The van der Waals surface area contributed by atoms with E-state index in [-0.39, 0.29) is 34.1 Å². The van der Waals surface area contributed by atoms with E-state index in [1.165, 1.54) is 11.9 Å². The lowest BCUT2D eigenvalue weighted by molar-refractivity contribution is -0.123. The number of nitrogens with zero attached hydrogens (tertiary/aromatic N) is 10. The number of nitrogens with one attached hydrogen (secondary N) is 2. The molecule has 0 atom stereocenters. The monoisotopic (exact) mass is 1390 g/mol. The number of pyridine rings is 3. The molecule has 0 saturated carbocycles. The van der Waals surface area contributed by atoms with Crippen molar-refractivity contribution in [3.05, 3.63) is 151 Å². The number of hydrogen-bond donors (Lipinski definition) is 5. The highest BCUT2D eigenvalue weighted by molar-refractivity contribution is 7.90. The zero-order chi connectivity index (χ0) is 69.0. The maximum Gasteiger partial charge on any atom is 0.290 e. The first-order valence-electron chi connectivity index (χ1n) is 31.4. The van der Waals surface area contributed by atoms with Crippen molar-refractivity contribution in [3.63, 3.8) is 0 Å². The number of anilines is 3. The lowest BCUT2D eigenvalue weighted by atomic mass is 9.91. The molecule has 2 fully saturated rings. The van der Waals surface area contributed by atoms with Gasteiger partial charge in [-0.2, -0.15) is 0 Å². The predicted octanol–water partition coefficient (Wildman–Crippen LogP) is 7.06. The number of likely N-dealkylation sites (tertiary alicyclic amines) is 1. The molecule has 5 N–H and O–H groups in total. The second kappa shape index (κ2) is 31.1. The van der Waals surface area contributed by atoms with Crippen LogP contribution in [0.2, 0.25) is 0 Å². The number of hydrogen-bond acceptors (Lipinski definition) is 21. The van der Waals surface area contributed by atoms with Gasteiger partial charge in [0.2, 0.25) is 0 Å². The highest BCUT2D eigenvalue weighted by atomic mass is 32.2. The van der Waals surface area contributed by atoms with Crippen molar-refractivity contribution < 1.29 is 69.2 Å². The summed E-state index contributed by atoms with van der Waals surface area (Å²) in [6.07, 6.45) is 17.3. The zero-order valence-electron chi connectivity index (χ0n) is 54.0. The summed E-state index contributed by atoms with van der Waals surface area (Å²) in [6, 6.07) is 26.1. The van der Waals surface area contributed by atoms with E-state index < -0.39 is 30.1 Å². The van der Waals surface area contributed by atoms with Crippen LogP contribution in [0.4, 0.5) is 17.1 Å². The average molecular weight is 1390 g/mol. The number of carboxylic acid groups (broad SMARTS) is 3. The fourth-order valence-corrected chi connectivity index (χ4v) is 16.9. The third kappa shape index (κ3) is 15.0. The van der Waals surface area contributed by atoms with Gasteiger partial charge in [0.05, 0.1) is 84.5 Å². The van der Waals surface area contributed by atoms with Gasteiger partial charge in [0.25, 0.3) is 49.5 Å². The van der Waals surface area contributed by atoms with Crippen LogP contribution in [0.5, 0.6) is 17.2 Å². The van der Waals surface area contributed by atoms with E-state index in [0.717, 1.165) is 141 Å². The molecule has 514 valence electrons. The van der Waals surface area contributed by atoms with Crippen molar-refractivity contribution in [3.8, 4) is 17.2 Å². The third-order valence-corrected chi connectivity index (χ3v) is 22.7. The van der Waals surface area contributed by atoms with E-state index in [4.69, 9.17) is 43.9 Å². The molecule has 12 heterocycles. The maximum atomic E-state index is 13.6. The normalized spacial score (nSPS) is 16.5. The largest absolute Gasteiger partial charge is 0.490 e. The van der Waals surface area contributed by atoms with Crippen molar-refractivity contribution in [1.29, 1.82) is 0 Å². The van der Waals surface area contributed by atoms with Crippen molar-refractivity contribution in [2.45, 2.75) is 58.6 Å². The molecule has 0 unspecified atom stereocenters. The summed E-state index contributed by atoms with van der Waals surface area (Å²) in [6.45, 7) is 8.76. The Morgan fingerprint density at radius 2 is 0.845 bits per heavy atom. The van der Waals surface area contributed by atoms with Gasteiger partial charge in [0.15, 0.2) is 0 Å². The summed E-state index contributed by atoms with van der Waals surface area (Å²) in [7, 11) is -3.29. The molecule has 6 aliphatic heterocycles. The van der Waals surface area contributed by atoms with Gasteiger partial charge in [-0.3, -0.25) is 29.3 Å². The molecule has 9 aromatic rings. The Bertz CT molecular complexity index is 4670. The number of carbonyl (C=O) groups is 3. The topological polar surface area (TPSA) is 332 Å². The summed E-state index contributed by atoms with van der Waals surface area (Å²) in [5, 5.41) is 27.3. The van der Waals surface area contributed by atoms with Crippen molar-refractivity contribution in [1.82, 2.24) is 42.4 Å². The van der Waals surface area contributed by atoms with E-state index in [0.29, 0.717) is 71.0 Å². The van der Waals surface area contributed by atoms with Gasteiger partial charge in [0.1, 0.15) is 37.1 Å². The predicted molar refractivity (Wildman–Crippen MR) is 368 cm³/mol. The Morgan fingerprint density at radius 3 is 1.24 bits per heavy atom. The Balaban J connectivity index is 0.000000149. The molecule has 97 heavy (non-hydrogen) atoms. The fourth-order valence-electron chi connectivity index (χ4n) is 12.7. The summed E-state index contributed by atoms with van der Waals surface area (Å²) in [4.78, 5) is 47.8. The van der Waals surface area contributed by atoms with Crippen LogP contribution in [-0.4, -0.2) is 199 Å². The van der Waals surface area contributed by atoms with Gasteiger partial charge in [0, 0.05) is 99.8 Å². The van der Waals surface area contributed by atoms with Crippen LogP contribution in [-0.2, 0) is 44.5 Å². The molecule has 0 bridgehead atoms. The Kier molecular flexibility index (Phi) is 22.5. The number of fused-ring (bicyclic) bond motifs is 6. The van der Waals surface area contributed by atoms with E-state index in [2.05, 4.69) is 58.3 Å². The van der Waals surface area contributed by atoms with Gasteiger partial charge >= 0.3 is 0 Å². The summed E-state index contributed by atoms with van der Waals surface area (Å²) in [5.74, 6) is 2.43. The number of ether oxygens (including phenoxy) is 3. The SMILES string of the molecule is CN1CCC(c2cn(S(=O)(=O)c3ccc4c(c3)OCCN4C)c3cccnc23)CC1.CN1CCOc2cc(S(=O)(=O)n3cc(C4=CCNCC4)c4ncccc43)ccc21.CN1CCOc2cc(S(=O)(=O)n3cc(C4CCNCC4)c4ncccc43)ccc21.O=CO.O=CO.O=CO. The van der Waals surface area contributed by atoms with Crippen LogP contribution in [0.1, 0.15) is 60.6 Å². The highest BCUT2D eigenvalue weighted by Gasteiger charge is 2.32. The number of aromatic nitrogens is 6. The van der Waals surface area contributed by atoms with E-state index in [1.54, 1.807) is 97.8 Å². The number of rotatable bonds is 9. The summed E-state index contributed by atoms with van der Waals surface area (Å²) in [5.41, 5.74) is 10.8. The molecule has 6 aliphatic rings. The Morgan fingerprint density at radius 1 is 0.474 bits per heavy atom. The maximum absolute atomic E-state index is 13.6. The van der Waals surface area contributed by atoms with E-state index in [9.17, 15) is 25.3 Å². The lowest BCUT2D eigenvalue weighted by Gasteiger charge is -2.28. The minimum absolute atomic E-state index is 0.207. The molecule has 0 radical (unpaired) electrons. The van der Waals surface area contributed by atoms with Crippen LogP contribution in [0, 0.1) is 0 Å². The third-order valence-electron chi connectivity index (χ3n) is 17.7. The minimum Gasteiger partial charge on any atom is -0.490 e. The van der Waals surface area contributed by atoms with Crippen LogP contribution >= 0.6 is 0 Å². The molecule has 15 rings (SSSR count). The first-order valence-corrected chi connectivity index (χ1v) is 35.7. The Hall–Kier alpha value is -9.59. The minimum atomic E-state index is -3.80. The van der Waals surface area contributed by atoms with Crippen LogP contribution in [0.25, 0.3) is 38.7 Å². The fraction of sp³-hybridized carbons (Fsp3) is 0.343.